The van der Waals surface area contributed by atoms with Gasteiger partial charge in [0.15, 0.2) is 0 Å². The van der Waals surface area contributed by atoms with Gasteiger partial charge in [-0.15, -0.1) is 0 Å². The summed E-state index contributed by atoms with van der Waals surface area (Å²) in [6.07, 6.45) is 8.65. The summed E-state index contributed by atoms with van der Waals surface area (Å²) in [6.45, 7) is 2.09. The molecular formula is C8H10N3. The van der Waals surface area contributed by atoms with Gasteiger partial charge < -0.3 is 4.90 Å². The second-order valence-electron chi connectivity index (χ2n) is 2.59. The van der Waals surface area contributed by atoms with Gasteiger partial charge in [-0.25, -0.2) is 4.98 Å². The van der Waals surface area contributed by atoms with Crippen molar-refractivity contribution < 1.29 is 0 Å². The van der Waals surface area contributed by atoms with E-state index in [1.54, 1.807) is 18.6 Å². The molecule has 57 valence electrons. The van der Waals surface area contributed by atoms with Crippen molar-refractivity contribution in [3.63, 3.8) is 0 Å². The number of aromatic nitrogens is 2. The Kier molecular flexibility index (Phi) is 1.71. The van der Waals surface area contributed by atoms with E-state index in [9.17, 15) is 0 Å². The highest BCUT2D eigenvalue weighted by Gasteiger charge is 2.12. The summed E-state index contributed by atoms with van der Waals surface area (Å²) in [5.41, 5.74) is 0. The fourth-order valence-electron chi connectivity index (χ4n) is 1.25. The van der Waals surface area contributed by atoms with Crippen LogP contribution >= 0.6 is 0 Å². The van der Waals surface area contributed by atoms with E-state index in [4.69, 9.17) is 0 Å². The highest BCUT2D eigenvalue weighted by atomic mass is 15.2. The molecule has 0 atom stereocenters. The summed E-state index contributed by atoms with van der Waals surface area (Å²) in [6, 6.07) is 0. The Balaban J connectivity index is 2.16. The van der Waals surface area contributed by atoms with E-state index in [-0.39, 0.29) is 0 Å². The SMILES string of the molecule is [CH]1CCN(c2cnccn2)C1. The molecule has 0 spiro atoms. The zero-order valence-electron chi connectivity index (χ0n) is 6.27. The molecule has 2 rings (SSSR count). The molecule has 3 heteroatoms. The summed E-state index contributed by atoms with van der Waals surface area (Å²) in [5, 5.41) is 0. The highest BCUT2D eigenvalue weighted by Crippen LogP contribution is 2.14. The third-order valence-electron chi connectivity index (χ3n) is 1.83. The van der Waals surface area contributed by atoms with Gasteiger partial charge >= 0.3 is 0 Å². The zero-order chi connectivity index (χ0) is 7.52. The van der Waals surface area contributed by atoms with Gasteiger partial charge in [-0.05, 0) is 12.8 Å². The first-order valence-electron chi connectivity index (χ1n) is 3.79. The quantitative estimate of drug-likeness (QED) is 0.592. The van der Waals surface area contributed by atoms with E-state index < -0.39 is 0 Å². The van der Waals surface area contributed by atoms with Crippen LogP contribution in [-0.4, -0.2) is 23.1 Å². The normalized spacial score (nSPS) is 17.3. The minimum Gasteiger partial charge on any atom is -0.355 e. The molecule has 1 aliphatic heterocycles. The fraction of sp³-hybridized carbons (Fsp3) is 0.375. The van der Waals surface area contributed by atoms with Crippen molar-refractivity contribution >= 4 is 5.82 Å². The number of hydrogen-bond donors (Lipinski definition) is 0. The molecule has 0 unspecified atom stereocenters. The van der Waals surface area contributed by atoms with Crippen molar-refractivity contribution in [1.82, 2.24) is 9.97 Å². The van der Waals surface area contributed by atoms with Gasteiger partial charge in [-0.2, -0.15) is 0 Å². The third kappa shape index (κ3) is 1.31. The van der Waals surface area contributed by atoms with Crippen LogP contribution in [0.4, 0.5) is 5.82 Å². The lowest BCUT2D eigenvalue weighted by Gasteiger charge is -2.14. The van der Waals surface area contributed by atoms with Gasteiger partial charge in [0.2, 0.25) is 0 Å². The van der Waals surface area contributed by atoms with Gasteiger partial charge in [0.05, 0.1) is 6.20 Å². The molecule has 0 bridgehead atoms. The van der Waals surface area contributed by atoms with Crippen LogP contribution in [0.3, 0.4) is 0 Å². The second-order valence-corrected chi connectivity index (χ2v) is 2.59. The van der Waals surface area contributed by atoms with Crippen molar-refractivity contribution in [2.45, 2.75) is 6.42 Å². The fourth-order valence-corrected chi connectivity index (χ4v) is 1.25. The molecule has 1 aliphatic rings. The first-order chi connectivity index (χ1) is 5.47. The molecule has 0 N–H and O–H groups in total. The Hall–Kier alpha value is -1.12. The molecule has 0 aromatic carbocycles. The van der Waals surface area contributed by atoms with Gasteiger partial charge in [-0.1, -0.05) is 0 Å². The lowest BCUT2D eigenvalue weighted by molar-refractivity contribution is 0.928. The van der Waals surface area contributed by atoms with Crippen LogP contribution in [0.5, 0.6) is 0 Å². The predicted octanol–water partition coefficient (Wildman–Crippen LogP) is 0.891. The Morgan fingerprint density at radius 1 is 1.36 bits per heavy atom. The minimum atomic E-state index is 0.987. The van der Waals surface area contributed by atoms with E-state index in [0.717, 1.165) is 25.3 Å². The van der Waals surface area contributed by atoms with Crippen LogP contribution < -0.4 is 4.90 Å². The lowest BCUT2D eigenvalue weighted by atomic mass is 10.4. The van der Waals surface area contributed by atoms with Gasteiger partial charge in [0, 0.05) is 25.5 Å². The maximum absolute atomic E-state index is 4.20. The molecular weight excluding hydrogens is 138 g/mol. The van der Waals surface area contributed by atoms with E-state index in [0.29, 0.717) is 0 Å². The van der Waals surface area contributed by atoms with E-state index >= 15 is 0 Å². The molecule has 3 nitrogen and oxygen atoms in total. The molecule has 1 aromatic rings. The second kappa shape index (κ2) is 2.86. The van der Waals surface area contributed by atoms with Crippen molar-refractivity contribution in [2.24, 2.45) is 0 Å². The number of nitrogens with zero attached hydrogens (tertiary/aromatic N) is 3. The molecule has 2 heterocycles. The maximum atomic E-state index is 4.20. The average Bonchev–Trinajstić information content (AvgIpc) is 2.58. The van der Waals surface area contributed by atoms with Crippen LogP contribution in [-0.2, 0) is 0 Å². The van der Waals surface area contributed by atoms with Crippen LogP contribution in [0.25, 0.3) is 0 Å². The summed E-state index contributed by atoms with van der Waals surface area (Å²) >= 11 is 0. The topological polar surface area (TPSA) is 29.0 Å². The van der Waals surface area contributed by atoms with Crippen LogP contribution in [0, 0.1) is 6.42 Å². The largest absolute Gasteiger partial charge is 0.355 e. The summed E-state index contributed by atoms with van der Waals surface area (Å²) in [5.74, 6) is 0.987. The van der Waals surface area contributed by atoms with E-state index in [2.05, 4.69) is 21.3 Å². The number of rotatable bonds is 1. The van der Waals surface area contributed by atoms with Gasteiger partial charge in [0.25, 0.3) is 0 Å². The molecule has 1 aromatic heterocycles. The Morgan fingerprint density at radius 3 is 3.00 bits per heavy atom. The van der Waals surface area contributed by atoms with Crippen molar-refractivity contribution in [3.8, 4) is 0 Å². The molecule has 1 radical (unpaired) electrons. The van der Waals surface area contributed by atoms with E-state index in [1.807, 2.05) is 0 Å². The summed E-state index contributed by atoms with van der Waals surface area (Å²) < 4.78 is 0. The summed E-state index contributed by atoms with van der Waals surface area (Å²) in [4.78, 5) is 10.4. The molecule has 1 fully saturated rings. The average molecular weight is 148 g/mol. The van der Waals surface area contributed by atoms with Crippen LogP contribution in [0.2, 0.25) is 0 Å². The van der Waals surface area contributed by atoms with Crippen molar-refractivity contribution in [1.29, 1.82) is 0 Å². The smallest absolute Gasteiger partial charge is 0.147 e. The minimum absolute atomic E-state index is 0.987. The standard InChI is InChI=1S/C8H10N3/c1-2-6-11(5-1)8-7-9-3-4-10-8/h1,3-4,7H,2,5-6H2. The first kappa shape index (κ1) is 6.58. The molecule has 11 heavy (non-hydrogen) atoms. The van der Waals surface area contributed by atoms with Crippen molar-refractivity contribution in [3.05, 3.63) is 25.0 Å². The van der Waals surface area contributed by atoms with Crippen molar-refractivity contribution in [2.75, 3.05) is 18.0 Å². The predicted molar refractivity (Wildman–Crippen MR) is 43.2 cm³/mol. The zero-order valence-corrected chi connectivity index (χ0v) is 6.27. The molecule has 0 aliphatic carbocycles. The number of anilines is 1. The van der Waals surface area contributed by atoms with Gasteiger partial charge in [-0.3, -0.25) is 4.98 Å². The van der Waals surface area contributed by atoms with Gasteiger partial charge in [0.1, 0.15) is 5.82 Å². The Morgan fingerprint density at radius 2 is 2.36 bits per heavy atom. The Bertz CT molecular complexity index is 216. The molecule has 0 amide bonds. The monoisotopic (exact) mass is 148 g/mol. The molecule has 1 saturated heterocycles. The highest BCUT2D eigenvalue weighted by molar-refractivity contribution is 5.37. The third-order valence-corrected chi connectivity index (χ3v) is 1.83. The number of hydrogen-bond acceptors (Lipinski definition) is 3. The Labute approximate surface area is 66.1 Å². The summed E-state index contributed by atoms with van der Waals surface area (Å²) in [7, 11) is 0. The van der Waals surface area contributed by atoms with Crippen LogP contribution in [0.15, 0.2) is 18.6 Å². The van der Waals surface area contributed by atoms with E-state index in [1.165, 1.54) is 0 Å². The maximum Gasteiger partial charge on any atom is 0.147 e. The lowest BCUT2D eigenvalue weighted by Crippen LogP contribution is -2.18. The molecule has 0 saturated carbocycles. The van der Waals surface area contributed by atoms with Crippen LogP contribution in [0.1, 0.15) is 6.42 Å². The first-order valence-corrected chi connectivity index (χ1v) is 3.79.